The van der Waals surface area contributed by atoms with Crippen LogP contribution in [0.2, 0.25) is 0 Å². The average molecular weight is 357 g/mol. The third-order valence-corrected chi connectivity index (χ3v) is 3.85. The van der Waals surface area contributed by atoms with E-state index in [-0.39, 0.29) is 12.5 Å². The first-order valence-electron chi connectivity index (χ1n) is 8.92. The van der Waals surface area contributed by atoms with Gasteiger partial charge < -0.3 is 20.1 Å². The van der Waals surface area contributed by atoms with E-state index in [4.69, 9.17) is 9.84 Å². The molecular formula is C20H27N3O3. The lowest BCUT2D eigenvalue weighted by atomic mass is 10.1. The molecule has 0 bridgehead atoms. The molecule has 1 heterocycles. The van der Waals surface area contributed by atoms with Crippen molar-refractivity contribution in [3.05, 3.63) is 42.0 Å². The highest BCUT2D eigenvalue weighted by molar-refractivity contribution is 5.93. The number of pyridine rings is 1. The fourth-order valence-corrected chi connectivity index (χ4v) is 2.43. The molecule has 0 aliphatic rings. The van der Waals surface area contributed by atoms with Crippen molar-refractivity contribution in [2.75, 3.05) is 39.9 Å². The van der Waals surface area contributed by atoms with E-state index in [1.807, 2.05) is 49.2 Å². The van der Waals surface area contributed by atoms with Crippen molar-refractivity contribution >= 4 is 22.9 Å². The van der Waals surface area contributed by atoms with Crippen LogP contribution in [0.25, 0.3) is 17.0 Å². The van der Waals surface area contributed by atoms with E-state index in [2.05, 4.69) is 10.3 Å². The van der Waals surface area contributed by atoms with Gasteiger partial charge in [-0.15, -0.1) is 0 Å². The number of carbonyl (C=O) groups is 1. The van der Waals surface area contributed by atoms with Crippen LogP contribution in [0.5, 0.6) is 5.88 Å². The molecule has 1 aromatic carbocycles. The molecule has 6 heteroatoms. The third-order valence-electron chi connectivity index (χ3n) is 3.85. The number of ether oxygens (including phenoxy) is 1. The molecule has 2 aromatic rings. The van der Waals surface area contributed by atoms with Gasteiger partial charge in [0.15, 0.2) is 0 Å². The van der Waals surface area contributed by atoms with Gasteiger partial charge in [0, 0.05) is 36.7 Å². The highest BCUT2D eigenvalue weighted by Crippen LogP contribution is 2.23. The van der Waals surface area contributed by atoms with Gasteiger partial charge in [-0.3, -0.25) is 4.79 Å². The first kappa shape index (κ1) is 19.9. The molecule has 1 amide bonds. The fraction of sp³-hybridized carbons (Fsp3) is 0.400. The zero-order valence-electron chi connectivity index (χ0n) is 15.4. The SMILES string of the molecule is CCCOc1nc2ccccc2cc1/C=C/C(=O)NCCN(C)CCO. The molecule has 0 fully saturated rings. The number of aliphatic hydroxyl groups excluding tert-OH is 1. The second-order valence-corrected chi connectivity index (χ2v) is 6.08. The topological polar surface area (TPSA) is 74.7 Å². The van der Waals surface area contributed by atoms with Crippen LogP contribution in [0.15, 0.2) is 36.4 Å². The molecule has 0 spiro atoms. The molecule has 140 valence electrons. The lowest BCUT2D eigenvalue weighted by Crippen LogP contribution is -2.33. The fourth-order valence-electron chi connectivity index (χ4n) is 2.43. The first-order chi connectivity index (χ1) is 12.6. The van der Waals surface area contributed by atoms with Gasteiger partial charge in [-0.25, -0.2) is 4.98 Å². The number of amides is 1. The maximum absolute atomic E-state index is 12.0. The monoisotopic (exact) mass is 357 g/mol. The van der Waals surface area contributed by atoms with Gasteiger partial charge >= 0.3 is 0 Å². The van der Waals surface area contributed by atoms with Gasteiger partial charge in [-0.05, 0) is 31.7 Å². The number of hydrogen-bond donors (Lipinski definition) is 2. The molecule has 1 aromatic heterocycles. The number of carbonyl (C=O) groups excluding carboxylic acids is 1. The highest BCUT2D eigenvalue weighted by atomic mass is 16.5. The van der Waals surface area contributed by atoms with Crippen LogP contribution < -0.4 is 10.1 Å². The van der Waals surface area contributed by atoms with Gasteiger partial charge in [0.25, 0.3) is 0 Å². The Labute approximate surface area is 154 Å². The van der Waals surface area contributed by atoms with Crippen molar-refractivity contribution in [1.29, 1.82) is 0 Å². The summed E-state index contributed by atoms with van der Waals surface area (Å²) in [6.07, 6.45) is 4.12. The van der Waals surface area contributed by atoms with E-state index in [0.717, 1.165) is 22.9 Å². The van der Waals surface area contributed by atoms with Crippen molar-refractivity contribution < 1.29 is 14.6 Å². The molecule has 0 saturated heterocycles. The molecule has 26 heavy (non-hydrogen) atoms. The van der Waals surface area contributed by atoms with Crippen LogP contribution >= 0.6 is 0 Å². The minimum atomic E-state index is -0.169. The Kier molecular flexibility index (Phi) is 8.05. The number of aromatic nitrogens is 1. The minimum absolute atomic E-state index is 0.111. The normalized spacial score (nSPS) is 11.4. The Hall–Kier alpha value is -2.44. The summed E-state index contributed by atoms with van der Waals surface area (Å²) in [7, 11) is 1.90. The van der Waals surface area contributed by atoms with E-state index in [1.54, 1.807) is 6.08 Å². The Bertz CT molecular complexity index is 746. The third kappa shape index (κ3) is 6.13. The molecule has 0 aliphatic carbocycles. The second-order valence-electron chi connectivity index (χ2n) is 6.08. The summed E-state index contributed by atoms with van der Waals surface area (Å²) in [6.45, 7) is 4.52. The van der Waals surface area contributed by atoms with Crippen LogP contribution in [-0.2, 0) is 4.79 Å². The Morgan fingerprint density at radius 3 is 2.92 bits per heavy atom. The Morgan fingerprint density at radius 2 is 2.15 bits per heavy atom. The van der Waals surface area contributed by atoms with Crippen LogP contribution in [0.4, 0.5) is 0 Å². The molecule has 0 radical (unpaired) electrons. The number of nitrogens with zero attached hydrogens (tertiary/aromatic N) is 2. The number of nitrogens with one attached hydrogen (secondary N) is 1. The molecule has 2 N–H and O–H groups in total. The summed E-state index contributed by atoms with van der Waals surface area (Å²) >= 11 is 0. The van der Waals surface area contributed by atoms with Gasteiger partial charge in [0.1, 0.15) is 0 Å². The number of likely N-dealkylation sites (N-methyl/N-ethyl adjacent to an activating group) is 1. The number of hydrogen-bond acceptors (Lipinski definition) is 5. The van der Waals surface area contributed by atoms with Crippen molar-refractivity contribution in [2.45, 2.75) is 13.3 Å². The summed E-state index contributed by atoms with van der Waals surface area (Å²) in [4.78, 5) is 18.5. The summed E-state index contributed by atoms with van der Waals surface area (Å²) in [5.74, 6) is 0.370. The largest absolute Gasteiger partial charge is 0.477 e. The summed E-state index contributed by atoms with van der Waals surface area (Å²) in [5.41, 5.74) is 1.65. The summed E-state index contributed by atoms with van der Waals surface area (Å²) in [5, 5.41) is 12.7. The van der Waals surface area contributed by atoms with Crippen molar-refractivity contribution in [2.24, 2.45) is 0 Å². The maximum atomic E-state index is 12.0. The molecular weight excluding hydrogens is 330 g/mol. The van der Waals surface area contributed by atoms with E-state index in [1.165, 1.54) is 6.08 Å². The van der Waals surface area contributed by atoms with Crippen LogP contribution in [0.3, 0.4) is 0 Å². The van der Waals surface area contributed by atoms with Gasteiger partial charge in [-0.1, -0.05) is 25.1 Å². The van der Waals surface area contributed by atoms with Crippen LogP contribution in [0.1, 0.15) is 18.9 Å². The predicted octanol–water partition coefficient (Wildman–Crippen LogP) is 2.08. The number of benzene rings is 1. The smallest absolute Gasteiger partial charge is 0.244 e. The molecule has 0 saturated carbocycles. The van der Waals surface area contributed by atoms with Crippen LogP contribution in [0, 0.1) is 0 Å². The number of aliphatic hydroxyl groups is 1. The molecule has 6 nitrogen and oxygen atoms in total. The Morgan fingerprint density at radius 1 is 1.35 bits per heavy atom. The van der Waals surface area contributed by atoms with Crippen molar-refractivity contribution in [1.82, 2.24) is 15.2 Å². The maximum Gasteiger partial charge on any atom is 0.244 e. The Balaban J connectivity index is 2.05. The average Bonchev–Trinajstić information content (AvgIpc) is 2.64. The number of rotatable bonds is 10. The zero-order valence-corrected chi connectivity index (χ0v) is 15.4. The summed E-state index contributed by atoms with van der Waals surface area (Å²) in [6, 6.07) is 9.80. The lowest BCUT2D eigenvalue weighted by molar-refractivity contribution is -0.116. The first-order valence-corrected chi connectivity index (χ1v) is 8.92. The van der Waals surface area contributed by atoms with Crippen molar-refractivity contribution in [3.63, 3.8) is 0 Å². The van der Waals surface area contributed by atoms with E-state index < -0.39 is 0 Å². The zero-order chi connectivity index (χ0) is 18.8. The predicted molar refractivity (Wildman–Crippen MR) is 104 cm³/mol. The van der Waals surface area contributed by atoms with E-state index >= 15 is 0 Å². The van der Waals surface area contributed by atoms with Crippen molar-refractivity contribution in [3.8, 4) is 5.88 Å². The molecule has 2 rings (SSSR count). The lowest BCUT2D eigenvalue weighted by Gasteiger charge is -2.14. The van der Waals surface area contributed by atoms with E-state index in [9.17, 15) is 4.79 Å². The van der Waals surface area contributed by atoms with Gasteiger partial charge in [0.2, 0.25) is 11.8 Å². The molecule has 0 unspecified atom stereocenters. The number of para-hydroxylation sites is 1. The minimum Gasteiger partial charge on any atom is -0.477 e. The van der Waals surface area contributed by atoms with E-state index in [0.29, 0.717) is 32.1 Å². The standard InChI is InChI=1S/C20H27N3O3/c1-3-14-26-20-17(15-16-6-4-5-7-18(16)22-20)8-9-19(25)21-10-11-23(2)12-13-24/h4-9,15,24H,3,10-14H2,1-2H3,(H,21,25)/b9-8+. The summed E-state index contributed by atoms with van der Waals surface area (Å²) < 4.78 is 5.74. The van der Waals surface area contributed by atoms with Gasteiger partial charge in [-0.2, -0.15) is 0 Å². The molecule has 0 atom stereocenters. The quantitative estimate of drug-likeness (QED) is 0.637. The highest BCUT2D eigenvalue weighted by Gasteiger charge is 2.07. The van der Waals surface area contributed by atoms with Gasteiger partial charge in [0.05, 0.1) is 18.7 Å². The number of fused-ring (bicyclic) bond motifs is 1. The molecule has 0 aliphatic heterocycles. The van der Waals surface area contributed by atoms with Crippen LogP contribution in [-0.4, -0.2) is 60.8 Å². The second kappa shape index (κ2) is 10.5.